The fraction of sp³-hybridized carbons (Fsp3) is 0.409. The third-order valence-electron chi connectivity index (χ3n) is 5.25. The monoisotopic (exact) mass is 342 g/mol. The maximum absolute atomic E-state index is 15.2. The van der Waals surface area contributed by atoms with Crippen molar-refractivity contribution in [1.82, 2.24) is 0 Å². The van der Waals surface area contributed by atoms with E-state index in [4.69, 9.17) is 5.11 Å². The van der Waals surface area contributed by atoms with Gasteiger partial charge >= 0.3 is 5.97 Å². The largest absolute Gasteiger partial charge is 0.478 e. The minimum absolute atomic E-state index is 0.0107. The number of allylic oxidation sites excluding steroid dienone is 4. The Labute approximate surface area is 149 Å². The molecule has 1 aliphatic rings. The van der Waals surface area contributed by atoms with E-state index < -0.39 is 5.97 Å². The summed E-state index contributed by atoms with van der Waals surface area (Å²) in [7, 11) is 0. The first-order valence-corrected chi connectivity index (χ1v) is 8.67. The molecule has 0 saturated heterocycles. The summed E-state index contributed by atoms with van der Waals surface area (Å²) in [5, 5.41) is 9.07. The zero-order valence-electron chi connectivity index (χ0n) is 15.8. The van der Waals surface area contributed by atoms with Crippen molar-refractivity contribution < 1.29 is 14.3 Å². The minimum atomic E-state index is -1.01. The first-order valence-electron chi connectivity index (χ1n) is 8.67. The highest BCUT2D eigenvalue weighted by molar-refractivity contribution is 5.88. The van der Waals surface area contributed by atoms with E-state index in [1.807, 2.05) is 0 Å². The average Bonchev–Trinajstić information content (AvgIpc) is 2.52. The molecule has 0 radical (unpaired) electrons. The summed E-state index contributed by atoms with van der Waals surface area (Å²) in [5.41, 5.74) is 4.91. The molecule has 25 heavy (non-hydrogen) atoms. The molecule has 1 N–H and O–H groups in total. The number of aryl methyl sites for hydroxylation is 1. The summed E-state index contributed by atoms with van der Waals surface area (Å²) in [4.78, 5) is 11.1. The molecule has 0 unspecified atom stereocenters. The van der Waals surface area contributed by atoms with Crippen LogP contribution < -0.4 is 0 Å². The maximum Gasteiger partial charge on any atom is 0.335 e. The fourth-order valence-corrected chi connectivity index (χ4v) is 3.85. The second-order valence-electron chi connectivity index (χ2n) is 7.65. The van der Waals surface area contributed by atoms with Gasteiger partial charge in [0.1, 0.15) is 5.83 Å². The van der Waals surface area contributed by atoms with Gasteiger partial charge in [-0.05, 0) is 79.9 Å². The molecule has 0 heterocycles. The molecule has 0 atom stereocenters. The van der Waals surface area contributed by atoms with E-state index in [0.717, 1.165) is 30.4 Å². The van der Waals surface area contributed by atoms with Gasteiger partial charge in [0.25, 0.3) is 0 Å². The van der Waals surface area contributed by atoms with Crippen molar-refractivity contribution in [2.45, 2.75) is 53.9 Å². The van der Waals surface area contributed by atoms with Crippen LogP contribution in [0.1, 0.15) is 68.4 Å². The van der Waals surface area contributed by atoms with E-state index in [1.165, 1.54) is 23.8 Å². The molecule has 0 amide bonds. The second kappa shape index (κ2) is 6.99. The van der Waals surface area contributed by atoms with Gasteiger partial charge in [-0.25, -0.2) is 9.18 Å². The predicted octanol–water partition coefficient (Wildman–Crippen LogP) is 6.48. The first-order chi connectivity index (χ1) is 11.6. The van der Waals surface area contributed by atoms with Crippen LogP contribution in [0.3, 0.4) is 0 Å². The first kappa shape index (κ1) is 19.2. The molecule has 0 aliphatic heterocycles. The molecule has 2 rings (SSSR count). The quantitative estimate of drug-likeness (QED) is 0.636. The molecule has 0 spiro atoms. The Morgan fingerprint density at radius 2 is 1.92 bits per heavy atom. The van der Waals surface area contributed by atoms with Crippen molar-refractivity contribution in [2.75, 3.05) is 0 Å². The van der Waals surface area contributed by atoms with Crippen molar-refractivity contribution in [3.8, 4) is 0 Å². The van der Waals surface area contributed by atoms with Gasteiger partial charge in [0.15, 0.2) is 0 Å². The molecule has 3 heteroatoms. The highest BCUT2D eigenvalue weighted by Crippen LogP contribution is 2.46. The number of carboxylic acid groups (broad SMARTS) is 1. The molecule has 1 aromatic carbocycles. The Balaban J connectivity index is 2.49. The van der Waals surface area contributed by atoms with Gasteiger partial charge in [-0.3, -0.25) is 0 Å². The smallest absolute Gasteiger partial charge is 0.335 e. The number of benzene rings is 1. The lowest BCUT2D eigenvalue weighted by Crippen LogP contribution is -2.22. The van der Waals surface area contributed by atoms with E-state index in [2.05, 4.69) is 27.4 Å². The summed E-state index contributed by atoms with van der Waals surface area (Å²) in [6, 6.07) is 4.48. The van der Waals surface area contributed by atoms with Crippen molar-refractivity contribution in [2.24, 2.45) is 5.41 Å². The highest BCUT2D eigenvalue weighted by Gasteiger charge is 2.31. The molecule has 0 aromatic heterocycles. The summed E-state index contributed by atoms with van der Waals surface area (Å²) in [6.07, 6.45) is 3.25. The van der Waals surface area contributed by atoms with Crippen molar-refractivity contribution in [1.29, 1.82) is 0 Å². The summed E-state index contributed by atoms with van der Waals surface area (Å²) in [5.74, 6) is -1.34. The Morgan fingerprint density at radius 3 is 2.44 bits per heavy atom. The van der Waals surface area contributed by atoms with Gasteiger partial charge in [-0.1, -0.05) is 32.1 Å². The summed E-state index contributed by atoms with van der Waals surface area (Å²) in [6.45, 7) is 14.2. The lowest BCUT2D eigenvalue weighted by atomic mass is 9.69. The topological polar surface area (TPSA) is 37.3 Å². The van der Waals surface area contributed by atoms with Crippen LogP contribution in [0.4, 0.5) is 4.39 Å². The van der Waals surface area contributed by atoms with E-state index in [1.54, 1.807) is 13.8 Å². The molecule has 1 aliphatic carbocycles. The molecule has 0 saturated carbocycles. The van der Waals surface area contributed by atoms with E-state index in [0.29, 0.717) is 16.7 Å². The van der Waals surface area contributed by atoms with E-state index in [-0.39, 0.29) is 16.8 Å². The normalized spacial score (nSPS) is 18.0. The van der Waals surface area contributed by atoms with Crippen LogP contribution in [0, 0.1) is 12.3 Å². The maximum atomic E-state index is 15.2. The van der Waals surface area contributed by atoms with Gasteiger partial charge < -0.3 is 5.11 Å². The SMILES string of the molecule is C=C(C1=C(C)CCCC1(C)C)/C(C)=C(\F)c1ccc(C(=O)O)cc1C. The van der Waals surface area contributed by atoms with Gasteiger partial charge in [0.2, 0.25) is 0 Å². The average molecular weight is 342 g/mol. The third-order valence-corrected chi connectivity index (χ3v) is 5.25. The Bertz CT molecular complexity index is 794. The lowest BCUT2D eigenvalue weighted by Gasteiger charge is -2.36. The molecular formula is C22H27FO2. The highest BCUT2D eigenvalue weighted by atomic mass is 19.1. The Morgan fingerprint density at radius 1 is 1.28 bits per heavy atom. The standard InChI is InChI=1S/C22H27FO2/c1-13-8-7-11-22(5,6)19(13)15(3)16(4)20(23)18-10-9-17(21(24)25)12-14(18)2/h9-10,12H,3,7-8,11H2,1-2,4-6H3,(H,24,25)/b20-16-. The van der Waals surface area contributed by atoms with Gasteiger partial charge in [-0.15, -0.1) is 0 Å². The Hall–Kier alpha value is -2.16. The lowest BCUT2D eigenvalue weighted by molar-refractivity contribution is 0.0696. The van der Waals surface area contributed by atoms with E-state index in [9.17, 15) is 4.79 Å². The molecule has 1 aromatic rings. The van der Waals surface area contributed by atoms with Gasteiger partial charge in [0, 0.05) is 5.56 Å². The fourth-order valence-electron chi connectivity index (χ4n) is 3.85. The van der Waals surface area contributed by atoms with Crippen LogP contribution in [-0.2, 0) is 0 Å². The zero-order chi connectivity index (χ0) is 18.9. The van der Waals surface area contributed by atoms with Crippen molar-refractivity contribution in [3.63, 3.8) is 0 Å². The number of carboxylic acids is 1. The number of hydrogen-bond acceptors (Lipinski definition) is 1. The number of carbonyl (C=O) groups is 1. The second-order valence-corrected chi connectivity index (χ2v) is 7.65. The number of rotatable bonds is 4. The third kappa shape index (κ3) is 3.76. The van der Waals surface area contributed by atoms with Crippen molar-refractivity contribution >= 4 is 11.8 Å². The molecule has 0 bridgehead atoms. The summed E-state index contributed by atoms with van der Waals surface area (Å²) < 4.78 is 15.2. The number of halogens is 1. The summed E-state index contributed by atoms with van der Waals surface area (Å²) >= 11 is 0. The molecule has 2 nitrogen and oxygen atoms in total. The van der Waals surface area contributed by atoms with Gasteiger partial charge in [-0.2, -0.15) is 0 Å². The van der Waals surface area contributed by atoms with Crippen LogP contribution in [-0.4, -0.2) is 11.1 Å². The minimum Gasteiger partial charge on any atom is -0.478 e. The van der Waals surface area contributed by atoms with Crippen LogP contribution in [0.15, 0.2) is 47.1 Å². The van der Waals surface area contributed by atoms with Crippen LogP contribution in [0.2, 0.25) is 0 Å². The van der Waals surface area contributed by atoms with Gasteiger partial charge in [0.05, 0.1) is 5.56 Å². The molecule has 0 fully saturated rings. The molecule has 134 valence electrons. The van der Waals surface area contributed by atoms with Crippen LogP contribution in [0.5, 0.6) is 0 Å². The predicted molar refractivity (Wildman–Crippen MR) is 101 cm³/mol. The van der Waals surface area contributed by atoms with Crippen LogP contribution >= 0.6 is 0 Å². The zero-order valence-corrected chi connectivity index (χ0v) is 15.8. The number of hydrogen-bond donors (Lipinski definition) is 1. The van der Waals surface area contributed by atoms with Crippen molar-refractivity contribution in [3.05, 3.63) is 63.8 Å². The van der Waals surface area contributed by atoms with E-state index >= 15 is 4.39 Å². The number of aromatic carboxylic acids is 1. The Kier molecular flexibility index (Phi) is 5.36. The van der Waals surface area contributed by atoms with Crippen LogP contribution in [0.25, 0.3) is 5.83 Å². The molecular weight excluding hydrogens is 315 g/mol.